The van der Waals surface area contributed by atoms with E-state index in [1.807, 2.05) is 12.1 Å². The summed E-state index contributed by atoms with van der Waals surface area (Å²) in [5.41, 5.74) is 4.39. The van der Waals surface area contributed by atoms with Gasteiger partial charge in [-0.3, -0.25) is 0 Å². The molecule has 0 aromatic heterocycles. The van der Waals surface area contributed by atoms with Gasteiger partial charge < -0.3 is 9.11 Å². The molecule has 0 amide bonds. The van der Waals surface area contributed by atoms with Gasteiger partial charge in [0.2, 0.25) is 0 Å². The molecule has 0 saturated carbocycles. The van der Waals surface area contributed by atoms with Crippen molar-refractivity contribution in [2.24, 2.45) is 0 Å². The molecule has 0 spiro atoms. The maximum Gasteiger partial charge on any atom is 2.00 e. The average molecular weight is 1230 g/mol. The van der Waals surface area contributed by atoms with Crippen molar-refractivity contribution >= 4 is 90.7 Å². The Hall–Kier alpha value is -1.21. The van der Waals surface area contributed by atoms with Crippen LogP contribution in [-0.4, -0.2) is 74.8 Å². The fourth-order valence-corrected chi connectivity index (χ4v) is 13.0. The van der Waals surface area contributed by atoms with Crippen LogP contribution in [0.2, 0.25) is 0 Å². The van der Waals surface area contributed by atoms with E-state index in [2.05, 4.69) is 52.0 Å². The van der Waals surface area contributed by atoms with E-state index in [-0.39, 0.29) is 58.7 Å². The van der Waals surface area contributed by atoms with Gasteiger partial charge in [-0.1, -0.05) is 307 Å². The Labute approximate surface area is 514 Å². The summed E-state index contributed by atoms with van der Waals surface area (Å²) in [6, 6.07) is 19.0. The minimum Gasteiger partial charge on any atom is -0.744 e. The van der Waals surface area contributed by atoms with Gasteiger partial charge in [0, 0.05) is 10.8 Å². The first kappa shape index (κ1) is 71.9. The molecule has 0 aliphatic rings. The molecule has 77 heavy (non-hydrogen) atoms. The van der Waals surface area contributed by atoms with Crippen LogP contribution >= 0.6 is 0 Å². The van der Waals surface area contributed by atoms with Gasteiger partial charge in [-0.15, -0.1) is 0 Å². The summed E-state index contributed by atoms with van der Waals surface area (Å²) in [5, 5.41) is 3.29. The smallest absolute Gasteiger partial charge is 0.744 e. The van der Waals surface area contributed by atoms with Gasteiger partial charge in [-0.25, -0.2) is 16.8 Å². The van der Waals surface area contributed by atoms with Crippen LogP contribution in [0, 0.1) is 0 Å². The van der Waals surface area contributed by atoms with Gasteiger partial charge in [-0.2, -0.15) is 0 Å². The Kier molecular flexibility index (Phi) is 42.3. The fraction of sp³-hybridized carbons (Fsp3) is 0.706. The molecule has 432 valence electrons. The molecule has 0 N–H and O–H groups in total. The zero-order valence-corrected chi connectivity index (χ0v) is 55.9. The van der Waals surface area contributed by atoms with Crippen LogP contribution in [0.4, 0.5) is 0 Å². The molecule has 0 aliphatic carbocycles. The van der Waals surface area contributed by atoms with E-state index in [1.165, 1.54) is 242 Å². The standard InChI is InChI=1S/2C34H56O3S.Ba/c2*1-3-5-7-9-11-13-15-17-19-21-24-30-28-29-31(25-22-20-18-16-14-12-10-8-6-4-2)34-32(30)26-23-27-33(34)38(35,36)37;/h2*23,26-29H,3-22,24-25H2,1-2H3,(H,35,36,37);/q;;+2/p-2. The number of hydrogen-bond acceptors (Lipinski definition) is 6. The van der Waals surface area contributed by atoms with E-state index >= 15 is 0 Å². The topological polar surface area (TPSA) is 114 Å². The number of rotatable bonds is 46. The first-order chi connectivity index (χ1) is 37.0. The molecule has 0 bridgehead atoms. The quantitative estimate of drug-likeness (QED) is 0.0247. The summed E-state index contributed by atoms with van der Waals surface area (Å²) >= 11 is 0. The van der Waals surface area contributed by atoms with Gasteiger partial charge >= 0.3 is 48.9 Å². The summed E-state index contributed by atoms with van der Waals surface area (Å²) in [6.45, 7) is 9.03. The third-order valence-electron chi connectivity index (χ3n) is 16.1. The molecule has 0 heterocycles. The number of aryl methyl sites for hydroxylation is 4. The van der Waals surface area contributed by atoms with Gasteiger partial charge in [0.15, 0.2) is 0 Å². The number of benzene rings is 4. The molecule has 0 aliphatic heterocycles. The van der Waals surface area contributed by atoms with Gasteiger partial charge in [0.05, 0.1) is 9.79 Å². The van der Waals surface area contributed by atoms with E-state index in [0.29, 0.717) is 10.8 Å². The van der Waals surface area contributed by atoms with Gasteiger partial charge in [0.1, 0.15) is 20.2 Å². The SMILES string of the molecule is CCCCCCCCCCCCc1ccc(CCCCCCCCCCCC)c2c(S(=O)(=O)[O-])cccc12.CCCCCCCCCCCCc1ccc(CCCCCCCCCCCC)c2c(S(=O)(=O)[O-])cccc12.[Ba+2]. The first-order valence-electron chi connectivity index (χ1n) is 32.0. The van der Waals surface area contributed by atoms with Gasteiger partial charge in [-0.05, 0) is 96.5 Å². The normalized spacial score (nSPS) is 11.8. The molecular formula is C68H110BaO6S2. The largest absolute Gasteiger partial charge is 2.00 e. The summed E-state index contributed by atoms with van der Waals surface area (Å²) in [6.07, 6.45) is 55.0. The van der Waals surface area contributed by atoms with E-state index < -0.39 is 20.2 Å². The van der Waals surface area contributed by atoms with Crippen LogP contribution in [0.15, 0.2) is 70.5 Å². The van der Waals surface area contributed by atoms with Crippen LogP contribution in [-0.2, 0) is 45.9 Å². The maximum atomic E-state index is 12.1. The van der Waals surface area contributed by atoms with Crippen LogP contribution in [0.25, 0.3) is 21.5 Å². The average Bonchev–Trinajstić information content (AvgIpc) is 3.43. The zero-order chi connectivity index (χ0) is 55.0. The van der Waals surface area contributed by atoms with Crippen LogP contribution in [0.1, 0.15) is 307 Å². The van der Waals surface area contributed by atoms with Crippen LogP contribution in [0.5, 0.6) is 0 Å². The summed E-state index contributed by atoms with van der Waals surface area (Å²) in [5.74, 6) is 0. The molecule has 0 unspecified atom stereocenters. The van der Waals surface area contributed by atoms with Crippen molar-refractivity contribution in [3.05, 3.63) is 82.9 Å². The van der Waals surface area contributed by atoms with E-state index in [4.69, 9.17) is 0 Å². The van der Waals surface area contributed by atoms with Gasteiger partial charge in [0.25, 0.3) is 0 Å². The third-order valence-corrected chi connectivity index (χ3v) is 17.9. The van der Waals surface area contributed by atoms with Crippen LogP contribution < -0.4 is 0 Å². The summed E-state index contributed by atoms with van der Waals surface area (Å²) < 4.78 is 72.8. The van der Waals surface area contributed by atoms with Crippen molar-refractivity contribution in [2.75, 3.05) is 0 Å². The molecule has 0 atom stereocenters. The van der Waals surface area contributed by atoms with E-state index in [1.54, 1.807) is 12.1 Å². The predicted octanol–water partition coefficient (Wildman–Crippen LogP) is 21.0. The summed E-state index contributed by atoms with van der Waals surface area (Å²) in [7, 11) is -9.03. The molecule has 9 heteroatoms. The Morgan fingerprint density at radius 2 is 0.468 bits per heavy atom. The Morgan fingerprint density at radius 1 is 0.273 bits per heavy atom. The molecule has 0 radical (unpaired) electrons. The van der Waals surface area contributed by atoms with Crippen molar-refractivity contribution in [1.29, 1.82) is 0 Å². The van der Waals surface area contributed by atoms with Crippen molar-refractivity contribution in [2.45, 2.75) is 320 Å². The van der Waals surface area contributed by atoms with Crippen molar-refractivity contribution in [3.63, 3.8) is 0 Å². The Balaban J connectivity index is 0.000000520. The molecular weight excluding hydrogens is 1110 g/mol. The summed E-state index contributed by atoms with van der Waals surface area (Å²) in [4.78, 5) is -0.0796. The third kappa shape index (κ3) is 31.2. The number of unbranched alkanes of at least 4 members (excludes halogenated alkanes) is 36. The monoisotopic (exact) mass is 1220 g/mol. The van der Waals surface area contributed by atoms with Crippen molar-refractivity contribution < 1.29 is 25.9 Å². The minimum atomic E-state index is -4.52. The maximum absolute atomic E-state index is 12.1. The predicted molar refractivity (Wildman–Crippen MR) is 332 cm³/mol. The second-order valence-electron chi connectivity index (χ2n) is 22.8. The fourth-order valence-electron chi connectivity index (χ4n) is 11.5. The van der Waals surface area contributed by atoms with Crippen LogP contribution in [0.3, 0.4) is 0 Å². The molecule has 4 rings (SSSR count). The van der Waals surface area contributed by atoms with E-state index in [0.717, 1.165) is 86.1 Å². The molecule has 4 aromatic carbocycles. The molecule has 4 aromatic rings. The Bertz CT molecular complexity index is 2160. The van der Waals surface area contributed by atoms with Crippen molar-refractivity contribution in [3.8, 4) is 0 Å². The van der Waals surface area contributed by atoms with E-state index in [9.17, 15) is 25.9 Å². The Morgan fingerprint density at radius 3 is 0.688 bits per heavy atom. The number of fused-ring (bicyclic) bond motifs is 2. The molecule has 0 saturated heterocycles. The zero-order valence-electron chi connectivity index (χ0n) is 49.9. The number of hydrogen-bond donors (Lipinski definition) is 0. The van der Waals surface area contributed by atoms with Crippen molar-refractivity contribution in [1.82, 2.24) is 0 Å². The second kappa shape index (κ2) is 45.3. The molecule has 0 fully saturated rings. The molecule has 6 nitrogen and oxygen atoms in total. The minimum absolute atomic E-state index is 0. The second-order valence-corrected chi connectivity index (χ2v) is 25.5. The first-order valence-corrected chi connectivity index (χ1v) is 34.8.